The van der Waals surface area contributed by atoms with Crippen LogP contribution in [0, 0.1) is 0 Å². The number of ether oxygens (including phenoxy) is 1. The third kappa shape index (κ3) is 11.5. The van der Waals surface area contributed by atoms with Crippen molar-refractivity contribution in [3.8, 4) is 0 Å². The van der Waals surface area contributed by atoms with Gasteiger partial charge in [0.15, 0.2) is 0 Å². The van der Waals surface area contributed by atoms with Crippen LogP contribution in [0.15, 0.2) is 12.2 Å². The molecule has 1 atom stereocenters. The Labute approximate surface area is 109 Å². The number of hydrogen-bond donors (Lipinski definition) is 1. The molecule has 0 aliphatic heterocycles. The van der Waals surface area contributed by atoms with Crippen LogP contribution in [-0.2, 0) is 24.1 Å². The zero-order valence-corrected chi connectivity index (χ0v) is 12.4. The fourth-order valence-corrected chi connectivity index (χ4v) is 0.414. The summed E-state index contributed by atoms with van der Waals surface area (Å²) in [6, 6.07) is 0. The normalized spacial score (nSPS) is 13.1. The molecule has 7 nitrogen and oxygen atoms in total. The van der Waals surface area contributed by atoms with Gasteiger partial charge in [-0.3, -0.25) is 13.2 Å². The Hall–Kier alpha value is -0.960. The number of rotatable bonds is 4. The molecule has 0 aromatic rings. The lowest BCUT2D eigenvalue weighted by atomic mass is 10.3. The maximum Gasteiger partial charge on any atom is 0.397 e. The first-order valence-corrected chi connectivity index (χ1v) is 6.38. The molecule has 0 fully saturated rings. The zero-order chi connectivity index (χ0) is 15.1. The van der Waals surface area contributed by atoms with Crippen molar-refractivity contribution in [2.45, 2.75) is 20.1 Å². The van der Waals surface area contributed by atoms with Gasteiger partial charge < -0.3 is 4.74 Å². The second kappa shape index (κ2) is 7.47. The molecule has 0 bridgehead atoms. The summed E-state index contributed by atoms with van der Waals surface area (Å²) >= 11 is 0. The summed E-state index contributed by atoms with van der Waals surface area (Å²) in [6.45, 7) is 7.01. The van der Waals surface area contributed by atoms with E-state index >= 15 is 0 Å². The Morgan fingerprint density at radius 1 is 1.33 bits per heavy atom. The summed E-state index contributed by atoms with van der Waals surface area (Å²) in [6.07, 6.45) is -0.144. The Morgan fingerprint density at radius 2 is 1.67 bits per heavy atom. The molecule has 0 saturated heterocycles. The number of carbonyl (C=O) groups is 1. The van der Waals surface area contributed by atoms with Gasteiger partial charge in [-0.15, -0.1) is 0 Å². The lowest BCUT2D eigenvalue weighted by molar-refractivity contribution is -0.914. The summed E-state index contributed by atoms with van der Waals surface area (Å²) in [7, 11) is 2.61. The molecular formula is C10H22NO6S+. The van der Waals surface area contributed by atoms with Gasteiger partial charge in [0.2, 0.25) is 6.23 Å². The number of hydrogen-bond acceptors (Lipinski definition) is 5. The molecular weight excluding hydrogens is 262 g/mol. The van der Waals surface area contributed by atoms with Crippen molar-refractivity contribution in [3.63, 3.8) is 0 Å². The van der Waals surface area contributed by atoms with Gasteiger partial charge in [0, 0.05) is 12.5 Å². The second-order valence-corrected chi connectivity index (χ2v) is 5.68. The summed E-state index contributed by atoms with van der Waals surface area (Å²) in [4.78, 5) is 11.1. The lowest BCUT2D eigenvalue weighted by Gasteiger charge is -2.30. The summed E-state index contributed by atoms with van der Waals surface area (Å²) in [5, 5.41) is 0. The highest BCUT2D eigenvalue weighted by atomic mass is 32.3. The highest BCUT2D eigenvalue weighted by molar-refractivity contribution is 7.80. The van der Waals surface area contributed by atoms with Crippen molar-refractivity contribution in [3.05, 3.63) is 12.2 Å². The predicted octanol–water partition coefficient (Wildman–Crippen LogP) is 0.594. The SMILES string of the molecule is C=C(C)C(=O)OC(C)[N+](C)(C)C.COS(=O)(=O)O. The minimum Gasteiger partial charge on any atom is -0.409 e. The van der Waals surface area contributed by atoms with Crippen LogP contribution in [0.3, 0.4) is 0 Å². The third-order valence-corrected chi connectivity index (χ3v) is 2.35. The van der Waals surface area contributed by atoms with E-state index in [2.05, 4.69) is 10.8 Å². The molecule has 0 amide bonds. The maximum atomic E-state index is 11.1. The number of esters is 1. The smallest absolute Gasteiger partial charge is 0.397 e. The van der Waals surface area contributed by atoms with Gasteiger partial charge in [-0.05, 0) is 6.92 Å². The lowest BCUT2D eigenvalue weighted by Crippen LogP contribution is -2.45. The largest absolute Gasteiger partial charge is 0.409 e. The molecule has 0 aliphatic carbocycles. The van der Waals surface area contributed by atoms with Crippen LogP contribution >= 0.6 is 0 Å². The van der Waals surface area contributed by atoms with Gasteiger partial charge >= 0.3 is 16.4 Å². The van der Waals surface area contributed by atoms with E-state index in [1.165, 1.54) is 0 Å². The Kier molecular flexibility index (Phi) is 8.04. The molecule has 0 radical (unpaired) electrons. The van der Waals surface area contributed by atoms with E-state index in [0.717, 1.165) is 7.11 Å². The Balaban J connectivity index is 0. The van der Waals surface area contributed by atoms with Crippen molar-refractivity contribution >= 4 is 16.4 Å². The van der Waals surface area contributed by atoms with Gasteiger partial charge in [0.1, 0.15) is 0 Å². The van der Waals surface area contributed by atoms with Crippen molar-refractivity contribution in [1.82, 2.24) is 0 Å². The third-order valence-electron chi connectivity index (χ3n) is 1.93. The van der Waals surface area contributed by atoms with E-state index in [4.69, 9.17) is 9.29 Å². The van der Waals surface area contributed by atoms with Crippen molar-refractivity contribution in [1.29, 1.82) is 0 Å². The highest BCUT2D eigenvalue weighted by Crippen LogP contribution is 2.06. The molecule has 18 heavy (non-hydrogen) atoms. The van der Waals surface area contributed by atoms with Crippen molar-refractivity contribution < 1.29 is 31.2 Å². The molecule has 1 N–H and O–H groups in total. The van der Waals surface area contributed by atoms with E-state index in [-0.39, 0.29) is 12.2 Å². The summed E-state index contributed by atoms with van der Waals surface area (Å²) in [5.41, 5.74) is 0.440. The molecule has 0 aliphatic rings. The molecule has 8 heteroatoms. The quantitative estimate of drug-likeness (QED) is 0.267. The first-order valence-electron chi connectivity index (χ1n) is 5.02. The molecule has 0 aromatic carbocycles. The second-order valence-electron chi connectivity index (χ2n) is 4.50. The van der Waals surface area contributed by atoms with E-state index in [1.54, 1.807) is 6.92 Å². The molecule has 0 saturated carbocycles. The van der Waals surface area contributed by atoms with Crippen LogP contribution in [0.4, 0.5) is 0 Å². The van der Waals surface area contributed by atoms with Crippen LogP contribution in [0.25, 0.3) is 0 Å². The summed E-state index contributed by atoms with van der Waals surface area (Å²) in [5.74, 6) is -0.324. The number of carbonyl (C=O) groups excluding carboxylic acids is 1. The van der Waals surface area contributed by atoms with Crippen LogP contribution in [0.2, 0.25) is 0 Å². The van der Waals surface area contributed by atoms with E-state index in [1.807, 2.05) is 28.1 Å². The monoisotopic (exact) mass is 284 g/mol. The minimum atomic E-state index is -4.16. The van der Waals surface area contributed by atoms with Crippen LogP contribution in [0.5, 0.6) is 0 Å². The zero-order valence-electron chi connectivity index (χ0n) is 11.6. The van der Waals surface area contributed by atoms with Crippen LogP contribution in [-0.4, -0.2) is 57.9 Å². The topological polar surface area (TPSA) is 89.9 Å². The van der Waals surface area contributed by atoms with E-state index < -0.39 is 10.4 Å². The average Bonchev–Trinajstić information content (AvgIpc) is 2.15. The molecule has 0 aromatic heterocycles. The highest BCUT2D eigenvalue weighted by Gasteiger charge is 2.22. The van der Waals surface area contributed by atoms with Gasteiger partial charge in [-0.25, -0.2) is 4.79 Å². The van der Waals surface area contributed by atoms with E-state index in [0.29, 0.717) is 10.1 Å². The van der Waals surface area contributed by atoms with E-state index in [9.17, 15) is 13.2 Å². The maximum absolute atomic E-state index is 11.1. The van der Waals surface area contributed by atoms with Crippen molar-refractivity contribution in [2.24, 2.45) is 0 Å². The van der Waals surface area contributed by atoms with Crippen molar-refractivity contribution in [2.75, 3.05) is 28.3 Å². The predicted molar refractivity (Wildman–Crippen MR) is 67.0 cm³/mol. The first kappa shape index (κ1) is 19.4. The van der Waals surface area contributed by atoms with Gasteiger partial charge in [0.25, 0.3) is 0 Å². The molecule has 0 spiro atoms. The molecule has 0 rings (SSSR count). The Morgan fingerprint density at radius 3 is 1.83 bits per heavy atom. The van der Waals surface area contributed by atoms with Gasteiger partial charge in [-0.1, -0.05) is 6.58 Å². The average molecular weight is 284 g/mol. The summed E-state index contributed by atoms with van der Waals surface area (Å²) < 4.78 is 35.4. The molecule has 0 heterocycles. The fraction of sp³-hybridized carbons (Fsp3) is 0.700. The van der Waals surface area contributed by atoms with Crippen LogP contribution < -0.4 is 0 Å². The fourth-order valence-electron chi connectivity index (χ4n) is 0.414. The number of nitrogens with zero attached hydrogens (tertiary/aromatic N) is 1. The van der Waals surface area contributed by atoms with Gasteiger partial charge in [0.05, 0.1) is 28.3 Å². The molecule has 1 unspecified atom stereocenters. The Bertz CT molecular complexity index is 382. The van der Waals surface area contributed by atoms with Gasteiger partial charge in [-0.2, -0.15) is 8.42 Å². The standard InChI is InChI=1S/C9H18NO2.CH4O4S/c1-7(2)9(11)12-8(3)10(4,5)6;1-5-6(2,3)4/h8H,1H2,2-6H3;1H3,(H,2,3,4)/q+1;. The number of quaternary nitrogens is 1. The minimum absolute atomic E-state index is 0.144. The van der Waals surface area contributed by atoms with Crippen LogP contribution in [0.1, 0.15) is 13.8 Å². The first-order chi connectivity index (χ1) is 7.81. The molecule has 108 valence electrons.